The van der Waals surface area contributed by atoms with Gasteiger partial charge in [-0.3, -0.25) is 19.4 Å². The van der Waals surface area contributed by atoms with Crippen molar-refractivity contribution in [2.75, 3.05) is 4.90 Å². The zero-order valence-corrected chi connectivity index (χ0v) is 15.9. The van der Waals surface area contributed by atoms with Crippen molar-refractivity contribution < 1.29 is 14.4 Å². The Morgan fingerprint density at radius 1 is 0.862 bits per heavy atom. The Kier molecular flexibility index (Phi) is 3.36. The van der Waals surface area contributed by atoms with Crippen LogP contribution in [0.25, 0.3) is 0 Å². The highest BCUT2D eigenvalue weighted by Gasteiger charge is 2.73. The Labute approximate surface area is 168 Å². The SMILES string of the molecule is O=C1[C@@H]2[C@H](C(=O)N1c1ccccc1)N1C(=O)C[C@@H]3CCC[C@]2(c2ccccc2)N31. The highest BCUT2D eigenvalue weighted by atomic mass is 16.2. The fourth-order valence-electron chi connectivity index (χ4n) is 6.11. The monoisotopic (exact) mass is 387 g/mol. The summed E-state index contributed by atoms with van der Waals surface area (Å²) in [6.07, 6.45) is 3.04. The molecule has 4 fully saturated rings. The van der Waals surface area contributed by atoms with Gasteiger partial charge in [-0.15, -0.1) is 0 Å². The Morgan fingerprint density at radius 3 is 2.28 bits per heavy atom. The van der Waals surface area contributed by atoms with Crippen LogP contribution in [0.5, 0.6) is 0 Å². The van der Waals surface area contributed by atoms with Crippen molar-refractivity contribution in [3.63, 3.8) is 0 Å². The average molecular weight is 387 g/mol. The van der Waals surface area contributed by atoms with Crippen LogP contribution in [0.2, 0.25) is 0 Å². The number of para-hydroxylation sites is 1. The number of hydrogen-bond acceptors (Lipinski definition) is 4. The van der Waals surface area contributed by atoms with E-state index in [1.165, 1.54) is 4.90 Å². The molecule has 0 radical (unpaired) electrons. The smallest absolute Gasteiger partial charge is 0.259 e. The molecule has 0 saturated carbocycles. The lowest BCUT2D eigenvalue weighted by atomic mass is 9.70. The first-order chi connectivity index (χ1) is 14.1. The molecular formula is C23H21N3O3. The third-order valence-corrected chi connectivity index (χ3v) is 7.09. The van der Waals surface area contributed by atoms with Gasteiger partial charge in [0.25, 0.3) is 5.91 Å². The lowest BCUT2D eigenvalue weighted by molar-refractivity contribution is -0.151. The number of benzene rings is 2. The van der Waals surface area contributed by atoms with Gasteiger partial charge in [-0.2, -0.15) is 0 Å². The molecule has 0 N–H and O–H groups in total. The van der Waals surface area contributed by atoms with Gasteiger partial charge in [-0.05, 0) is 37.0 Å². The second-order valence-corrected chi connectivity index (χ2v) is 8.39. The molecule has 2 aromatic rings. The van der Waals surface area contributed by atoms with E-state index in [2.05, 4.69) is 5.01 Å². The molecule has 0 spiro atoms. The molecule has 4 aliphatic heterocycles. The summed E-state index contributed by atoms with van der Waals surface area (Å²) in [6, 6.07) is 18.3. The molecule has 0 aromatic heterocycles. The molecule has 4 heterocycles. The number of fused-ring (bicyclic) bond motifs is 3. The number of imide groups is 1. The van der Waals surface area contributed by atoms with Crippen molar-refractivity contribution in [1.82, 2.24) is 10.0 Å². The summed E-state index contributed by atoms with van der Waals surface area (Å²) in [7, 11) is 0. The van der Waals surface area contributed by atoms with E-state index in [1.807, 2.05) is 48.5 Å². The molecule has 3 amide bonds. The number of nitrogens with zero attached hydrogens (tertiary/aromatic N) is 3. The van der Waals surface area contributed by atoms with Gasteiger partial charge in [-0.25, -0.2) is 9.91 Å². The molecule has 4 aliphatic rings. The van der Waals surface area contributed by atoms with Gasteiger partial charge in [0.1, 0.15) is 6.04 Å². The normalized spacial score (nSPS) is 33.4. The second kappa shape index (κ2) is 5.76. The van der Waals surface area contributed by atoms with Gasteiger partial charge in [0.05, 0.1) is 17.1 Å². The van der Waals surface area contributed by atoms with E-state index in [0.29, 0.717) is 12.1 Å². The fraction of sp³-hybridized carbons (Fsp3) is 0.348. The molecule has 6 nitrogen and oxygen atoms in total. The minimum absolute atomic E-state index is 0.0410. The molecule has 2 aromatic carbocycles. The van der Waals surface area contributed by atoms with Crippen LogP contribution in [-0.2, 0) is 19.9 Å². The zero-order valence-electron chi connectivity index (χ0n) is 15.9. The molecular weight excluding hydrogens is 366 g/mol. The molecule has 0 bridgehead atoms. The van der Waals surface area contributed by atoms with Crippen LogP contribution >= 0.6 is 0 Å². The standard InChI is InChI=1S/C23H21N3O3/c27-18-14-17-12-7-13-23(15-8-3-1-4-9-15)19-20(25(18)26(17)23)22(29)24(21(19)28)16-10-5-2-6-11-16/h1-6,8-11,17,19-20H,7,12-14H2/t17-,19-,20+,23+/m0/s1. The lowest BCUT2D eigenvalue weighted by Gasteiger charge is -2.47. The van der Waals surface area contributed by atoms with Crippen LogP contribution in [0.4, 0.5) is 5.69 Å². The van der Waals surface area contributed by atoms with Gasteiger partial charge < -0.3 is 0 Å². The summed E-state index contributed by atoms with van der Waals surface area (Å²) < 4.78 is 0. The summed E-state index contributed by atoms with van der Waals surface area (Å²) in [5.74, 6) is -1.10. The van der Waals surface area contributed by atoms with Crippen molar-refractivity contribution in [3.05, 3.63) is 66.2 Å². The molecule has 0 aliphatic carbocycles. The Bertz CT molecular complexity index is 1020. The molecule has 6 rings (SSSR count). The number of carbonyl (C=O) groups excluding carboxylic acids is 3. The first-order valence-corrected chi connectivity index (χ1v) is 10.2. The fourth-order valence-corrected chi connectivity index (χ4v) is 6.11. The first-order valence-electron chi connectivity index (χ1n) is 10.2. The van der Waals surface area contributed by atoms with Crippen LogP contribution in [-0.4, -0.2) is 39.8 Å². The average Bonchev–Trinajstić information content (AvgIpc) is 3.35. The number of anilines is 1. The lowest BCUT2D eigenvalue weighted by Crippen LogP contribution is -2.56. The zero-order chi connectivity index (χ0) is 19.8. The number of amides is 3. The Balaban J connectivity index is 1.57. The highest BCUT2D eigenvalue weighted by molar-refractivity contribution is 6.25. The molecule has 29 heavy (non-hydrogen) atoms. The maximum atomic E-state index is 13.8. The van der Waals surface area contributed by atoms with Gasteiger partial charge in [0.2, 0.25) is 11.8 Å². The molecule has 0 unspecified atom stereocenters. The van der Waals surface area contributed by atoms with Gasteiger partial charge in [0, 0.05) is 12.5 Å². The molecule has 4 atom stereocenters. The van der Waals surface area contributed by atoms with E-state index in [1.54, 1.807) is 17.1 Å². The topological polar surface area (TPSA) is 60.9 Å². The number of hydrogen-bond donors (Lipinski definition) is 0. The van der Waals surface area contributed by atoms with E-state index in [4.69, 9.17) is 0 Å². The predicted octanol–water partition coefficient (Wildman–Crippen LogP) is 2.46. The Hall–Kier alpha value is -2.99. The molecule has 6 heteroatoms. The Morgan fingerprint density at radius 2 is 1.55 bits per heavy atom. The van der Waals surface area contributed by atoms with Crippen molar-refractivity contribution in [3.8, 4) is 0 Å². The minimum Gasteiger partial charge on any atom is -0.274 e. The van der Waals surface area contributed by atoms with Gasteiger partial charge >= 0.3 is 0 Å². The maximum absolute atomic E-state index is 13.8. The van der Waals surface area contributed by atoms with Crippen LogP contribution in [0.3, 0.4) is 0 Å². The number of piperidine rings is 1. The summed E-state index contributed by atoms with van der Waals surface area (Å²) in [4.78, 5) is 41.6. The quantitative estimate of drug-likeness (QED) is 0.743. The molecule has 4 saturated heterocycles. The van der Waals surface area contributed by atoms with Crippen molar-refractivity contribution >= 4 is 23.4 Å². The second-order valence-electron chi connectivity index (χ2n) is 8.39. The van der Waals surface area contributed by atoms with E-state index >= 15 is 0 Å². The maximum Gasteiger partial charge on any atom is 0.259 e. The minimum atomic E-state index is -0.751. The van der Waals surface area contributed by atoms with Crippen LogP contribution in [0.1, 0.15) is 31.2 Å². The number of carbonyl (C=O) groups is 3. The summed E-state index contributed by atoms with van der Waals surface area (Å²) in [5.41, 5.74) is 0.954. The van der Waals surface area contributed by atoms with E-state index in [0.717, 1.165) is 24.8 Å². The van der Waals surface area contributed by atoms with Crippen LogP contribution < -0.4 is 4.90 Å². The third kappa shape index (κ3) is 1.97. The van der Waals surface area contributed by atoms with Crippen LogP contribution in [0.15, 0.2) is 60.7 Å². The number of rotatable bonds is 2. The largest absolute Gasteiger partial charge is 0.274 e. The summed E-state index contributed by atoms with van der Waals surface area (Å²) in [5, 5.41) is 3.76. The first kappa shape index (κ1) is 16.9. The van der Waals surface area contributed by atoms with Crippen LogP contribution in [0, 0.1) is 5.92 Å². The van der Waals surface area contributed by atoms with E-state index in [-0.39, 0.29) is 23.8 Å². The third-order valence-electron chi connectivity index (χ3n) is 7.09. The molecule has 146 valence electrons. The van der Waals surface area contributed by atoms with Gasteiger partial charge in [-0.1, -0.05) is 48.5 Å². The van der Waals surface area contributed by atoms with Crippen molar-refractivity contribution in [1.29, 1.82) is 0 Å². The van der Waals surface area contributed by atoms with Crippen molar-refractivity contribution in [2.45, 2.75) is 43.3 Å². The summed E-state index contributed by atoms with van der Waals surface area (Å²) >= 11 is 0. The van der Waals surface area contributed by atoms with Gasteiger partial charge in [0.15, 0.2) is 0 Å². The predicted molar refractivity (Wildman–Crippen MR) is 105 cm³/mol. The van der Waals surface area contributed by atoms with E-state index < -0.39 is 17.5 Å². The summed E-state index contributed by atoms with van der Waals surface area (Å²) in [6.45, 7) is 0. The highest BCUT2D eigenvalue weighted by Crippen LogP contribution is 2.59. The van der Waals surface area contributed by atoms with Crippen molar-refractivity contribution in [2.24, 2.45) is 5.92 Å². The number of hydrazine groups is 1. The van der Waals surface area contributed by atoms with E-state index in [9.17, 15) is 14.4 Å².